The molecule has 0 aliphatic rings. The minimum Gasteiger partial charge on any atom is -0.389 e. The average molecular weight is 231 g/mol. The number of rotatable bonds is 5. The Morgan fingerprint density at radius 2 is 1.79 bits per heavy atom. The van der Waals surface area contributed by atoms with Crippen LogP contribution in [0.4, 0.5) is 13.2 Å². The van der Waals surface area contributed by atoms with E-state index in [2.05, 4.69) is 0 Å². The topological polar surface area (TPSA) is 23.5 Å². The zero-order valence-electron chi connectivity index (χ0n) is 8.56. The molecular weight excluding hydrogens is 215 g/mol. The lowest BCUT2D eigenvalue weighted by molar-refractivity contribution is -0.0328. The van der Waals surface area contributed by atoms with Gasteiger partial charge in [-0.25, -0.2) is 0 Å². The molecule has 0 radical (unpaired) electrons. The lowest BCUT2D eigenvalue weighted by atomic mass is 10.1. The summed E-state index contributed by atoms with van der Waals surface area (Å²) in [5.74, 6) is -0.00389. The predicted octanol–water partition coefficient (Wildman–Crippen LogP) is 1.94. The summed E-state index contributed by atoms with van der Waals surface area (Å²) in [4.78, 5) is 1.68. The molecular formula is C8H16F3NOS. The van der Waals surface area contributed by atoms with E-state index in [-0.39, 0.29) is 17.5 Å². The molecule has 0 aliphatic heterocycles. The lowest BCUT2D eigenvalue weighted by Gasteiger charge is -2.25. The monoisotopic (exact) mass is 231 g/mol. The molecule has 0 bridgehead atoms. The van der Waals surface area contributed by atoms with Crippen molar-refractivity contribution in [1.82, 2.24) is 4.90 Å². The lowest BCUT2D eigenvalue weighted by Crippen LogP contribution is -2.37. The van der Waals surface area contributed by atoms with Gasteiger partial charge in [-0.05, 0) is 32.7 Å². The van der Waals surface area contributed by atoms with Crippen LogP contribution in [0.2, 0.25) is 0 Å². The molecule has 0 aromatic rings. The minimum atomic E-state index is -4.16. The Balaban J connectivity index is 3.60. The maximum absolute atomic E-state index is 11.7. The quantitative estimate of drug-likeness (QED) is 0.782. The van der Waals surface area contributed by atoms with Crippen molar-refractivity contribution in [3.8, 4) is 0 Å². The molecule has 0 aromatic heterocycles. The Bertz CT molecular complexity index is 167. The van der Waals surface area contributed by atoms with Crippen LogP contribution < -0.4 is 0 Å². The van der Waals surface area contributed by atoms with Gasteiger partial charge in [0.15, 0.2) is 0 Å². The fraction of sp³-hybridized carbons (Fsp3) is 1.00. The Kier molecular flexibility index (Phi) is 5.25. The van der Waals surface area contributed by atoms with Crippen molar-refractivity contribution in [3.05, 3.63) is 0 Å². The van der Waals surface area contributed by atoms with Crippen LogP contribution in [-0.2, 0) is 0 Å². The van der Waals surface area contributed by atoms with Crippen molar-refractivity contribution in [2.24, 2.45) is 0 Å². The van der Waals surface area contributed by atoms with Gasteiger partial charge < -0.3 is 10.0 Å². The number of hydrogen-bond acceptors (Lipinski definition) is 3. The molecule has 14 heavy (non-hydrogen) atoms. The third kappa shape index (κ3) is 10.1. The van der Waals surface area contributed by atoms with Crippen molar-refractivity contribution in [3.63, 3.8) is 0 Å². The SMILES string of the molecule is CN(CCSC(F)(F)F)CC(C)(C)O. The van der Waals surface area contributed by atoms with Crippen LogP contribution in [0.5, 0.6) is 0 Å². The molecule has 0 rings (SSSR count). The van der Waals surface area contributed by atoms with Gasteiger partial charge in [0.25, 0.3) is 0 Å². The van der Waals surface area contributed by atoms with E-state index in [0.717, 1.165) is 0 Å². The molecule has 1 N–H and O–H groups in total. The second-order valence-electron chi connectivity index (χ2n) is 3.84. The van der Waals surface area contributed by atoms with E-state index in [1.54, 1.807) is 25.8 Å². The molecule has 0 amide bonds. The molecule has 0 unspecified atom stereocenters. The first-order valence-corrected chi connectivity index (χ1v) is 5.20. The summed E-state index contributed by atoms with van der Waals surface area (Å²) in [6.45, 7) is 3.93. The number of aliphatic hydroxyl groups is 1. The summed E-state index contributed by atoms with van der Waals surface area (Å²) in [6.07, 6.45) is 0. The van der Waals surface area contributed by atoms with Gasteiger partial charge in [-0.15, -0.1) is 0 Å². The van der Waals surface area contributed by atoms with Crippen LogP contribution in [0.15, 0.2) is 0 Å². The van der Waals surface area contributed by atoms with E-state index in [9.17, 15) is 18.3 Å². The van der Waals surface area contributed by atoms with Crippen molar-refractivity contribution in [2.75, 3.05) is 25.9 Å². The Morgan fingerprint density at radius 3 is 2.14 bits per heavy atom. The van der Waals surface area contributed by atoms with Gasteiger partial charge in [-0.1, -0.05) is 0 Å². The molecule has 0 saturated carbocycles. The number of likely N-dealkylation sites (N-methyl/N-ethyl adjacent to an activating group) is 1. The molecule has 0 aromatic carbocycles. The predicted molar refractivity (Wildman–Crippen MR) is 52.3 cm³/mol. The highest BCUT2D eigenvalue weighted by atomic mass is 32.2. The number of halogens is 3. The van der Waals surface area contributed by atoms with E-state index >= 15 is 0 Å². The number of nitrogens with zero attached hydrogens (tertiary/aromatic N) is 1. The molecule has 0 spiro atoms. The van der Waals surface area contributed by atoms with Gasteiger partial charge in [0.2, 0.25) is 0 Å². The van der Waals surface area contributed by atoms with Gasteiger partial charge in [0, 0.05) is 18.8 Å². The first kappa shape index (κ1) is 14.1. The fourth-order valence-corrected chi connectivity index (χ4v) is 1.69. The van der Waals surface area contributed by atoms with E-state index in [0.29, 0.717) is 13.1 Å². The van der Waals surface area contributed by atoms with E-state index in [1.165, 1.54) is 0 Å². The zero-order valence-corrected chi connectivity index (χ0v) is 9.37. The van der Waals surface area contributed by atoms with Crippen LogP contribution >= 0.6 is 11.8 Å². The molecule has 0 atom stereocenters. The van der Waals surface area contributed by atoms with Gasteiger partial charge >= 0.3 is 5.51 Å². The average Bonchev–Trinajstić information content (AvgIpc) is 1.78. The Labute approximate surface area is 86.5 Å². The Hall–Kier alpha value is 0.0600. The molecule has 0 fully saturated rings. The summed E-state index contributed by atoms with van der Waals surface area (Å²) in [5, 5.41) is 9.38. The van der Waals surface area contributed by atoms with Gasteiger partial charge in [0.05, 0.1) is 5.60 Å². The van der Waals surface area contributed by atoms with Crippen LogP contribution in [0.3, 0.4) is 0 Å². The number of hydrogen-bond donors (Lipinski definition) is 1. The largest absolute Gasteiger partial charge is 0.441 e. The fourth-order valence-electron chi connectivity index (χ4n) is 1.06. The van der Waals surface area contributed by atoms with Crippen molar-refractivity contribution < 1.29 is 18.3 Å². The number of thioether (sulfide) groups is 1. The molecule has 86 valence electrons. The first-order valence-electron chi connectivity index (χ1n) is 4.22. The van der Waals surface area contributed by atoms with E-state index < -0.39 is 11.1 Å². The van der Waals surface area contributed by atoms with Gasteiger partial charge in [-0.3, -0.25) is 0 Å². The minimum absolute atomic E-state index is 0.00389. The highest BCUT2D eigenvalue weighted by Gasteiger charge is 2.27. The van der Waals surface area contributed by atoms with Crippen molar-refractivity contribution in [2.45, 2.75) is 25.0 Å². The summed E-state index contributed by atoms with van der Waals surface area (Å²) in [5.41, 5.74) is -5.02. The summed E-state index contributed by atoms with van der Waals surface area (Å²) in [7, 11) is 1.69. The second kappa shape index (κ2) is 5.23. The van der Waals surface area contributed by atoms with Gasteiger partial charge in [0.1, 0.15) is 0 Å². The highest BCUT2D eigenvalue weighted by molar-refractivity contribution is 8.00. The van der Waals surface area contributed by atoms with E-state index in [1.807, 2.05) is 0 Å². The normalized spacial score (nSPS) is 13.7. The summed E-state index contributed by atoms with van der Waals surface area (Å²) in [6, 6.07) is 0. The third-order valence-corrected chi connectivity index (χ3v) is 2.11. The van der Waals surface area contributed by atoms with Crippen LogP contribution in [-0.4, -0.2) is 47.0 Å². The maximum Gasteiger partial charge on any atom is 0.441 e. The zero-order chi connectivity index (χ0) is 11.4. The molecule has 6 heteroatoms. The van der Waals surface area contributed by atoms with Crippen LogP contribution in [0.1, 0.15) is 13.8 Å². The van der Waals surface area contributed by atoms with Crippen LogP contribution in [0.25, 0.3) is 0 Å². The molecule has 2 nitrogen and oxygen atoms in total. The van der Waals surface area contributed by atoms with Crippen molar-refractivity contribution >= 4 is 11.8 Å². The molecule has 0 saturated heterocycles. The van der Waals surface area contributed by atoms with Crippen molar-refractivity contribution in [1.29, 1.82) is 0 Å². The Morgan fingerprint density at radius 1 is 1.29 bits per heavy atom. The molecule has 0 aliphatic carbocycles. The van der Waals surface area contributed by atoms with E-state index in [4.69, 9.17) is 0 Å². The maximum atomic E-state index is 11.7. The first-order chi connectivity index (χ1) is 6.10. The van der Waals surface area contributed by atoms with Gasteiger partial charge in [-0.2, -0.15) is 13.2 Å². The molecule has 0 heterocycles. The number of alkyl halides is 3. The summed E-state index contributed by atoms with van der Waals surface area (Å²) < 4.78 is 35.2. The third-order valence-electron chi connectivity index (χ3n) is 1.40. The van der Waals surface area contributed by atoms with Crippen LogP contribution in [0, 0.1) is 0 Å². The standard InChI is InChI=1S/C8H16F3NOS/c1-7(2,13)6-12(3)4-5-14-8(9,10)11/h13H,4-6H2,1-3H3. The highest BCUT2D eigenvalue weighted by Crippen LogP contribution is 2.29. The summed E-state index contributed by atoms with van der Waals surface area (Å²) >= 11 is -0.0354. The second-order valence-corrected chi connectivity index (χ2v) is 5.00. The smallest absolute Gasteiger partial charge is 0.389 e.